The maximum absolute atomic E-state index is 10.9. The van der Waals surface area contributed by atoms with Crippen molar-refractivity contribution in [2.75, 3.05) is 18.0 Å². The van der Waals surface area contributed by atoms with Gasteiger partial charge in [0.05, 0.1) is 11.4 Å². The molecular formula is C28H33N7O. The molecule has 5 rings (SSSR count). The van der Waals surface area contributed by atoms with Crippen LogP contribution >= 0.6 is 0 Å². The molecular weight excluding hydrogens is 450 g/mol. The Morgan fingerprint density at radius 1 is 0.861 bits per heavy atom. The molecule has 2 aromatic carbocycles. The van der Waals surface area contributed by atoms with Crippen LogP contribution in [0.2, 0.25) is 0 Å². The van der Waals surface area contributed by atoms with Gasteiger partial charge in [-0.1, -0.05) is 72.5 Å². The number of H-pyrrole nitrogens is 1. The van der Waals surface area contributed by atoms with E-state index in [9.17, 15) is 5.11 Å². The van der Waals surface area contributed by atoms with E-state index < -0.39 is 6.10 Å². The van der Waals surface area contributed by atoms with Crippen LogP contribution in [0.15, 0.2) is 48.5 Å². The summed E-state index contributed by atoms with van der Waals surface area (Å²) in [6.07, 6.45) is 5.30. The Kier molecular flexibility index (Phi) is 7.32. The van der Waals surface area contributed by atoms with Gasteiger partial charge in [-0.15, -0.1) is 5.10 Å². The van der Waals surface area contributed by atoms with E-state index in [0.29, 0.717) is 12.1 Å². The first-order valence-electron chi connectivity index (χ1n) is 12.8. The van der Waals surface area contributed by atoms with Gasteiger partial charge in [0.1, 0.15) is 17.6 Å². The Bertz CT molecular complexity index is 1270. The molecule has 8 nitrogen and oxygen atoms in total. The number of aromatic nitrogens is 6. The highest BCUT2D eigenvalue weighted by atomic mass is 16.3. The number of aryl methyl sites for hydroxylation is 3. The van der Waals surface area contributed by atoms with Crippen molar-refractivity contribution in [2.24, 2.45) is 0 Å². The molecule has 0 radical (unpaired) electrons. The number of rotatable bonds is 9. The smallest absolute Gasteiger partial charge is 0.153 e. The number of benzene rings is 2. The Morgan fingerprint density at radius 2 is 1.50 bits per heavy atom. The molecule has 0 bridgehead atoms. The molecule has 0 saturated heterocycles. The number of nitrogens with one attached hydrogen (secondary N) is 1. The van der Waals surface area contributed by atoms with Gasteiger partial charge in [-0.25, -0.2) is 15.1 Å². The van der Waals surface area contributed by atoms with Gasteiger partial charge in [0.2, 0.25) is 0 Å². The standard InChI is InChI=1S/C28H33N7O/c1-19-8-12-21(13-9-19)25-26(22-14-10-20(2)11-15-22)30-28-27(29-25)23(36)16-18-35(28)17-6-4-3-5-7-24-31-33-34-32-24/h8-15,23,36H,3-7,16-18H2,1-2H3,(H,31,32,33,34). The van der Waals surface area contributed by atoms with Crippen molar-refractivity contribution in [3.8, 4) is 22.5 Å². The van der Waals surface area contributed by atoms with Gasteiger partial charge in [0.25, 0.3) is 0 Å². The van der Waals surface area contributed by atoms with Crippen molar-refractivity contribution in [3.63, 3.8) is 0 Å². The fraction of sp³-hybridized carbons (Fsp3) is 0.393. The Balaban J connectivity index is 1.39. The molecule has 0 fully saturated rings. The zero-order valence-electron chi connectivity index (χ0n) is 21.0. The topological polar surface area (TPSA) is 104 Å². The summed E-state index contributed by atoms with van der Waals surface area (Å²) in [6.45, 7) is 5.85. The highest BCUT2D eigenvalue weighted by molar-refractivity contribution is 5.80. The van der Waals surface area contributed by atoms with Crippen LogP contribution in [-0.2, 0) is 6.42 Å². The fourth-order valence-corrected chi connectivity index (χ4v) is 4.69. The van der Waals surface area contributed by atoms with Gasteiger partial charge in [-0.3, -0.25) is 0 Å². The normalized spacial score (nSPS) is 15.2. The highest BCUT2D eigenvalue weighted by Gasteiger charge is 2.29. The molecule has 1 aliphatic heterocycles. The van der Waals surface area contributed by atoms with E-state index in [1.165, 1.54) is 11.1 Å². The van der Waals surface area contributed by atoms with E-state index in [1.54, 1.807) is 0 Å². The molecule has 1 aliphatic rings. The van der Waals surface area contributed by atoms with Crippen LogP contribution in [0.3, 0.4) is 0 Å². The van der Waals surface area contributed by atoms with Crippen LogP contribution in [0.25, 0.3) is 22.5 Å². The number of hydrogen-bond donors (Lipinski definition) is 2. The number of unbranched alkanes of at least 4 members (excludes halogenated alkanes) is 3. The molecule has 1 unspecified atom stereocenters. The lowest BCUT2D eigenvalue weighted by atomic mass is 10.00. The number of aromatic amines is 1. The van der Waals surface area contributed by atoms with Crippen molar-refractivity contribution >= 4 is 5.82 Å². The number of aliphatic hydroxyl groups excluding tert-OH is 1. The van der Waals surface area contributed by atoms with Gasteiger partial charge in [0, 0.05) is 30.6 Å². The molecule has 0 amide bonds. The second-order valence-electron chi connectivity index (χ2n) is 9.67. The number of tetrazole rings is 1. The molecule has 36 heavy (non-hydrogen) atoms. The van der Waals surface area contributed by atoms with E-state index in [-0.39, 0.29) is 0 Å². The van der Waals surface area contributed by atoms with Gasteiger partial charge in [-0.05, 0) is 43.5 Å². The highest BCUT2D eigenvalue weighted by Crippen LogP contribution is 2.38. The summed E-state index contributed by atoms with van der Waals surface area (Å²) in [6, 6.07) is 16.8. The number of fused-ring (bicyclic) bond motifs is 1. The number of aliphatic hydroxyl groups is 1. The van der Waals surface area contributed by atoms with Crippen molar-refractivity contribution in [1.82, 2.24) is 30.6 Å². The molecule has 1 atom stereocenters. The third-order valence-corrected chi connectivity index (χ3v) is 6.82. The van der Waals surface area contributed by atoms with Crippen molar-refractivity contribution in [1.29, 1.82) is 0 Å². The third kappa shape index (κ3) is 5.44. The molecule has 186 valence electrons. The average Bonchev–Trinajstić information content (AvgIpc) is 3.41. The molecule has 4 aromatic rings. The molecule has 8 heteroatoms. The Labute approximate surface area is 211 Å². The largest absolute Gasteiger partial charge is 0.387 e. The zero-order valence-corrected chi connectivity index (χ0v) is 21.0. The van der Waals surface area contributed by atoms with Crippen molar-refractivity contribution < 1.29 is 5.11 Å². The summed E-state index contributed by atoms with van der Waals surface area (Å²) in [7, 11) is 0. The van der Waals surface area contributed by atoms with Gasteiger partial charge >= 0.3 is 0 Å². The molecule has 0 saturated carbocycles. The third-order valence-electron chi connectivity index (χ3n) is 6.82. The monoisotopic (exact) mass is 483 g/mol. The van der Waals surface area contributed by atoms with Gasteiger partial charge in [0.15, 0.2) is 5.82 Å². The second-order valence-corrected chi connectivity index (χ2v) is 9.67. The number of anilines is 1. The molecule has 2 N–H and O–H groups in total. The van der Waals surface area contributed by atoms with E-state index in [0.717, 1.165) is 79.4 Å². The number of hydrogen-bond acceptors (Lipinski definition) is 7. The fourth-order valence-electron chi connectivity index (χ4n) is 4.69. The van der Waals surface area contributed by atoms with Crippen LogP contribution in [0.5, 0.6) is 0 Å². The molecule has 2 aromatic heterocycles. The van der Waals surface area contributed by atoms with Crippen LogP contribution < -0.4 is 4.90 Å². The summed E-state index contributed by atoms with van der Waals surface area (Å²) in [5, 5.41) is 24.9. The second kappa shape index (κ2) is 11.0. The predicted molar refractivity (Wildman–Crippen MR) is 141 cm³/mol. The maximum Gasteiger partial charge on any atom is 0.153 e. The minimum absolute atomic E-state index is 0.601. The SMILES string of the molecule is Cc1ccc(-c2nc3c(nc2-c2ccc(C)cc2)N(CCCCCCc2nnn[nH]2)CCC3O)cc1. The summed E-state index contributed by atoms with van der Waals surface area (Å²) in [4.78, 5) is 12.5. The summed E-state index contributed by atoms with van der Waals surface area (Å²) < 4.78 is 0. The molecule has 0 spiro atoms. The van der Waals surface area contributed by atoms with E-state index in [1.807, 2.05) is 0 Å². The Morgan fingerprint density at radius 3 is 2.14 bits per heavy atom. The molecule has 0 aliphatic carbocycles. The quantitative estimate of drug-likeness (QED) is 0.323. The van der Waals surface area contributed by atoms with E-state index >= 15 is 0 Å². The van der Waals surface area contributed by atoms with Gasteiger partial charge < -0.3 is 10.0 Å². The van der Waals surface area contributed by atoms with Gasteiger partial charge in [-0.2, -0.15) is 0 Å². The summed E-state index contributed by atoms with van der Waals surface area (Å²) >= 11 is 0. The van der Waals surface area contributed by atoms with Crippen molar-refractivity contribution in [3.05, 3.63) is 71.2 Å². The van der Waals surface area contributed by atoms with Crippen LogP contribution in [0.1, 0.15) is 60.9 Å². The molecule has 3 heterocycles. The zero-order chi connectivity index (χ0) is 24.9. The first-order valence-corrected chi connectivity index (χ1v) is 12.8. The van der Waals surface area contributed by atoms with Crippen LogP contribution in [0, 0.1) is 13.8 Å². The minimum Gasteiger partial charge on any atom is -0.387 e. The summed E-state index contributed by atoms with van der Waals surface area (Å²) in [5.74, 6) is 1.66. The predicted octanol–water partition coefficient (Wildman–Crippen LogP) is 4.99. The number of nitrogens with zero attached hydrogens (tertiary/aromatic N) is 6. The Hall–Kier alpha value is -3.65. The first kappa shape index (κ1) is 24.1. The van der Waals surface area contributed by atoms with Crippen LogP contribution in [-0.4, -0.2) is 48.8 Å². The minimum atomic E-state index is -0.601. The summed E-state index contributed by atoms with van der Waals surface area (Å²) in [5.41, 5.74) is 6.82. The van der Waals surface area contributed by atoms with Crippen molar-refractivity contribution in [2.45, 2.75) is 58.5 Å². The van der Waals surface area contributed by atoms with E-state index in [2.05, 4.69) is 87.9 Å². The average molecular weight is 484 g/mol. The van der Waals surface area contributed by atoms with E-state index in [4.69, 9.17) is 9.97 Å². The first-order chi connectivity index (χ1) is 17.6. The van der Waals surface area contributed by atoms with Crippen LogP contribution in [0.4, 0.5) is 5.82 Å². The lowest BCUT2D eigenvalue weighted by molar-refractivity contribution is 0.158. The maximum atomic E-state index is 10.9. The lowest BCUT2D eigenvalue weighted by Gasteiger charge is -2.33. The lowest BCUT2D eigenvalue weighted by Crippen LogP contribution is -2.34.